The predicted octanol–water partition coefficient (Wildman–Crippen LogP) is 2.64. The third-order valence-electron chi connectivity index (χ3n) is 10.7. The Morgan fingerprint density at radius 3 is 2.52 bits per heavy atom. The zero-order valence-electron chi connectivity index (χ0n) is 34.6. The number of carbonyl (C=O) groups is 2. The second-order valence-corrected chi connectivity index (χ2v) is 16.0. The van der Waals surface area contributed by atoms with E-state index in [9.17, 15) is 24.0 Å². The Labute approximate surface area is 364 Å². The summed E-state index contributed by atoms with van der Waals surface area (Å²) in [7, 11) is 1.41. The number of nitrogens with one attached hydrogen (secondary N) is 3. The minimum absolute atomic E-state index is 0.0188. The molecule has 2 amide bonds. The van der Waals surface area contributed by atoms with Crippen molar-refractivity contribution in [2.45, 2.75) is 43.8 Å². The Morgan fingerprint density at radius 1 is 1.02 bits per heavy atom. The molecule has 2 fully saturated rings. The summed E-state index contributed by atoms with van der Waals surface area (Å²) >= 11 is 1.57. The summed E-state index contributed by atoms with van der Waals surface area (Å²) in [6.07, 6.45) is 5.74. The maximum Gasteiger partial charge on any atom is 0.422 e. The number of aryl methyl sites for hydroxylation is 1. The number of thiophene rings is 1. The number of piperidine rings is 1. The zero-order valence-corrected chi connectivity index (χ0v) is 35.5. The van der Waals surface area contributed by atoms with Crippen LogP contribution in [0.1, 0.15) is 46.9 Å². The number of fused-ring (bicyclic) bond motifs is 1. The van der Waals surface area contributed by atoms with Gasteiger partial charge in [-0.2, -0.15) is 0 Å². The van der Waals surface area contributed by atoms with Crippen molar-refractivity contribution in [2.24, 2.45) is 12.2 Å². The number of likely N-dealkylation sites (tertiary alicyclic amines) is 2. The fourth-order valence-electron chi connectivity index (χ4n) is 7.59. The van der Waals surface area contributed by atoms with E-state index in [4.69, 9.17) is 24.7 Å². The molecule has 0 radical (unpaired) electrons. The number of anilines is 1. The quantitative estimate of drug-likeness (QED) is 0.0439. The van der Waals surface area contributed by atoms with Gasteiger partial charge in [-0.15, -0.1) is 11.3 Å². The maximum atomic E-state index is 13.6. The van der Waals surface area contributed by atoms with Crippen molar-refractivity contribution in [1.82, 2.24) is 39.6 Å². The normalized spacial score (nSPS) is 17.7. The second-order valence-electron chi connectivity index (χ2n) is 15.1. The van der Waals surface area contributed by atoms with Crippen LogP contribution in [0.3, 0.4) is 0 Å². The van der Waals surface area contributed by atoms with Gasteiger partial charge in [0.05, 0.1) is 67.2 Å². The number of hydrogen-bond acceptors (Lipinski definition) is 16. The van der Waals surface area contributed by atoms with Crippen molar-refractivity contribution < 1.29 is 28.2 Å². The van der Waals surface area contributed by atoms with Crippen molar-refractivity contribution in [3.05, 3.63) is 113 Å². The molecule has 332 valence electrons. The topological polar surface area (TPSA) is 265 Å². The lowest BCUT2D eigenvalue weighted by molar-refractivity contribution is -0.125. The van der Waals surface area contributed by atoms with Gasteiger partial charge in [0.25, 0.3) is 11.5 Å². The minimum Gasteiger partial charge on any atom is -0.377 e. The summed E-state index contributed by atoms with van der Waals surface area (Å²) < 4.78 is 22.6. The highest BCUT2D eigenvalue weighted by molar-refractivity contribution is 7.13. The molecule has 1 aromatic carbocycles. The number of nitrogens with zero attached hydrogens (tertiary/aromatic N) is 9. The van der Waals surface area contributed by atoms with Gasteiger partial charge < -0.3 is 39.1 Å². The average molecular weight is 885 g/mol. The number of amides is 2. The van der Waals surface area contributed by atoms with Gasteiger partial charge in [-0.1, -0.05) is 11.2 Å². The number of benzene rings is 1. The van der Waals surface area contributed by atoms with Crippen molar-refractivity contribution >= 4 is 40.0 Å². The van der Waals surface area contributed by atoms with E-state index >= 15 is 0 Å². The van der Waals surface area contributed by atoms with Crippen molar-refractivity contribution in [3.8, 4) is 10.6 Å². The number of aromatic nitrogens is 5. The van der Waals surface area contributed by atoms with E-state index in [0.717, 1.165) is 46.8 Å². The van der Waals surface area contributed by atoms with Gasteiger partial charge in [0.1, 0.15) is 11.9 Å². The number of aromatic amines is 1. The van der Waals surface area contributed by atoms with E-state index in [-0.39, 0.29) is 54.1 Å². The number of H-pyrrole nitrogens is 1. The summed E-state index contributed by atoms with van der Waals surface area (Å²) in [6, 6.07) is 8.17. The molecule has 2 unspecified atom stereocenters. The lowest BCUT2D eigenvalue weighted by Gasteiger charge is -2.32. The summed E-state index contributed by atoms with van der Waals surface area (Å²) in [6.45, 7) is 5.14. The molecule has 2 aliphatic rings. The molecule has 21 nitrogen and oxygen atoms in total. The highest BCUT2D eigenvalue weighted by Crippen LogP contribution is 2.28. The van der Waals surface area contributed by atoms with Gasteiger partial charge in [-0.05, 0) is 61.0 Å². The Morgan fingerprint density at radius 2 is 1.78 bits per heavy atom. The van der Waals surface area contributed by atoms with Gasteiger partial charge in [-0.25, -0.2) is 24.5 Å². The highest BCUT2D eigenvalue weighted by Gasteiger charge is 2.39. The molecule has 0 spiro atoms. The van der Waals surface area contributed by atoms with Crippen LogP contribution >= 0.6 is 11.3 Å². The first kappa shape index (κ1) is 44.8. The molecule has 7 rings (SSSR count). The molecule has 4 aromatic heterocycles. The standard InChI is InChI=1S/C41H48N12O9S/c1-51-32-18-27(6-7-30(32)39(57)62-41(51)58)38(56)53-25-29(49-50-42)19-33(53)37(55)43-8-11-59-13-15-61-16-14-60-12-9-44-40-45-21-26(22-46-40)23-52-10-2-4-28(24-52)36-47-31(20-35(54)48-36)34-5-3-17-63-34/h3,5-7,17-18,20-22,28-29,33H,2,4,8-16,19,23-25H2,1H3,(H,43,55)(H,44,45,46)(H,47,48,54)/t28?,29?,33-/m0/s1. The van der Waals surface area contributed by atoms with Crippen LogP contribution in [0, 0.1) is 0 Å². The van der Waals surface area contributed by atoms with Crippen LogP contribution in [0.25, 0.3) is 31.9 Å². The summed E-state index contributed by atoms with van der Waals surface area (Å²) in [5.74, 6) is -0.443. The van der Waals surface area contributed by atoms with Crippen LogP contribution in [0.4, 0.5) is 5.95 Å². The average Bonchev–Trinajstić information content (AvgIpc) is 3.99. The van der Waals surface area contributed by atoms with Crippen LogP contribution in [-0.4, -0.2) is 131 Å². The monoisotopic (exact) mass is 884 g/mol. The van der Waals surface area contributed by atoms with Gasteiger partial charge in [-0.3, -0.25) is 23.9 Å². The Kier molecular flexibility index (Phi) is 15.4. The van der Waals surface area contributed by atoms with Gasteiger partial charge in [0.15, 0.2) is 0 Å². The molecule has 3 atom stereocenters. The molecule has 2 aliphatic heterocycles. The second kappa shape index (κ2) is 21.7. The minimum atomic E-state index is -0.912. The Bertz CT molecular complexity index is 2580. The fraction of sp³-hybridized carbons (Fsp3) is 0.463. The van der Waals surface area contributed by atoms with Crippen molar-refractivity contribution in [1.29, 1.82) is 0 Å². The first-order valence-electron chi connectivity index (χ1n) is 20.6. The van der Waals surface area contributed by atoms with Crippen molar-refractivity contribution in [3.63, 3.8) is 0 Å². The zero-order chi connectivity index (χ0) is 44.1. The number of ether oxygens (including phenoxy) is 3. The molecule has 22 heteroatoms. The Hall–Kier alpha value is -6.29. The van der Waals surface area contributed by atoms with E-state index in [0.29, 0.717) is 57.8 Å². The van der Waals surface area contributed by atoms with E-state index in [2.05, 4.69) is 44.9 Å². The lowest BCUT2D eigenvalue weighted by atomic mass is 9.96. The molecule has 3 N–H and O–H groups in total. The molecule has 0 saturated carbocycles. The Balaban J connectivity index is 0.737. The molecule has 0 aliphatic carbocycles. The highest BCUT2D eigenvalue weighted by atomic mass is 32.1. The predicted molar refractivity (Wildman–Crippen MR) is 232 cm³/mol. The first-order chi connectivity index (χ1) is 30.7. The van der Waals surface area contributed by atoms with Crippen LogP contribution in [0.5, 0.6) is 0 Å². The van der Waals surface area contributed by atoms with Crippen LogP contribution in [0.2, 0.25) is 0 Å². The first-order valence-corrected chi connectivity index (χ1v) is 21.5. The number of rotatable bonds is 20. The molecule has 63 heavy (non-hydrogen) atoms. The lowest BCUT2D eigenvalue weighted by Crippen LogP contribution is -2.46. The third-order valence-corrected chi connectivity index (χ3v) is 11.6. The van der Waals surface area contributed by atoms with Crippen LogP contribution in [0.15, 0.2) is 78.1 Å². The molecular formula is C41H48N12O9S. The fourth-order valence-corrected chi connectivity index (χ4v) is 8.28. The molecule has 5 aromatic rings. The van der Waals surface area contributed by atoms with Gasteiger partial charge in [0, 0.05) is 80.2 Å². The number of hydrogen-bond donors (Lipinski definition) is 3. The van der Waals surface area contributed by atoms with Crippen molar-refractivity contribution in [2.75, 3.05) is 77.7 Å². The van der Waals surface area contributed by atoms with E-state index in [1.54, 1.807) is 17.4 Å². The largest absolute Gasteiger partial charge is 0.422 e. The smallest absolute Gasteiger partial charge is 0.377 e. The summed E-state index contributed by atoms with van der Waals surface area (Å²) in [5, 5.41) is 11.8. The SMILES string of the molecule is Cn1c(=O)oc(=O)c2ccc(C(=O)N3CC(N=[N+]=[N-])C[C@H]3C(=O)NCCOCCOCCOCCNc3ncc(CN4CCCC(c5nc(-c6cccs6)cc(=O)[nH]5)C4)cn3)cc21. The van der Waals surface area contributed by atoms with E-state index < -0.39 is 35.3 Å². The molecule has 2 saturated heterocycles. The van der Waals surface area contributed by atoms with Crippen LogP contribution < -0.4 is 27.6 Å². The van der Waals surface area contributed by atoms with Gasteiger partial charge in [0.2, 0.25) is 11.9 Å². The van der Waals surface area contributed by atoms with Crippen LogP contribution in [-0.2, 0) is 32.6 Å². The van der Waals surface area contributed by atoms with Gasteiger partial charge >= 0.3 is 11.4 Å². The molecule has 0 bridgehead atoms. The maximum absolute atomic E-state index is 13.6. The number of carbonyl (C=O) groups excluding carboxylic acids is 2. The molecule has 6 heterocycles. The third kappa shape index (κ3) is 11.8. The molecular weight excluding hydrogens is 837 g/mol. The summed E-state index contributed by atoms with van der Waals surface area (Å²) in [5.41, 5.74) is 10.1. The number of azide groups is 1. The summed E-state index contributed by atoms with van der Waals surface area (Å²) in [4.78, 5) is 87.5. The van der Waals surface area contributed by atoms with E-state index in [1.807, 2.05) is 29.9 Å². The van der Waals surface area contributed by atoms with E-state index in [1.165, 1.54) is 30.1 Å².